The van der Waals surface area contributed by atoms with Crippen LogP contribution in [0, 0.1) is 5.92 Å². The van der Waals surface area contributed by atoms with Gasteiger partial charge in [0.2, 0.25) is 0 Å². The Morgan fingerprint density at radius 3 is 2.71 bits per heavy atom. The fraction of sp³-hybridized carbons (Fsp3) is 0.467. The molecule has 92 valence electrons. The minimum absolute atomic E-state index is 0.674. The Labute approximate surface area is 103 Å². The van der Waals surface area contributed by atoms with Crippen LogP contribution >= 0.6 is 0 Å². The van der Waals surface area contributed by atoms with Gasteiger partial charge >= 0.3 is 0 Å². The summed E-state index contributed by atoms with van der Waals surface area (Å²) in [6, 6.07) is 8.67. The SMILES string of the molecule is CC(C)Cn1cc(CCCN)c2ccccc21. The first-order valence-corrected chi connectivity index (χ1v) is 6.49. The van der Waals surface area contributed by atoms with E-state index in [9.17, 15) is 0 Å². The van der Waals surface area contributed by atoms with Gasteiger partial charge in [-0.15, -0.1) is 0 Å². The molecule has 0 bridgehead atoms. The van der Waals surface area contributed by atoms with E-state index in [1.165, 1.54) is 16.5 Å². The minimum atomic E-state index is 0.674. The van der Waals surface area contributed by atoms with E-state index in [4.69, 9.17) is 5.73 Å². The Bertz CT molecular complexity index is 483. The molecule has 0 saturated heterocycles. The molecule has 2 heteroatoms. The van der Waals surface area contributed by atoms with E-state index < -0.39 is 0 Å². The number of nitrogens with two attached hydrogens (primary N) is 1. The van der Waals surface area contributed by atoms with Crippen LogP contribution in [0.2, 0.25) is 0 Å². The predicted molar refractivity (Wildman–Crippen MR) is 74.2 cm³/mol. The van der Waals surface area contributed by atoms with Crippen LogP contribution < -0.4 is 5.73 Å². The average molecular weight is 230 g/mol. The molecule has 2 N–H and O–H groups in total. The smallest absolute Gasteiger partial charge is 0.0483 e. The van der Waals surface area contributed by atoms with Gasteiger partial charge in [0.15, 0.2) is 0 Å². The average Bonchev–Trinajstić information content (AvgIpc) is 2.65. The zero-order valence-electron chi connectivity index (χ0n) is 10.8. The quantitative estimate of drug-likeness (QED) is 0.840. The Morgan fingerprint density at radius 1 is 1.24 bits per heavy atom. The molecule has 2 nitrogen and oxygen atoms in total. The largest absolute Gasteiger partial charge is 0.347 e. The summed E-state index contributed by atoms with van der Waals surface area (Å²) in [6.45, 7) is 6.37. The third kappa shape index (κ3) is 2.70. The zero-order valence-corrected chi connectivity index (χ0v) is 10.8. The molecular weight excluding hydrogens is 208 g/mol. The molecule has 0 aliphatic rings. The molecule has 0 unspecified atom stereocenters. The van der Waals surface area contributed by atoms with Crippen molar-refractivity contribution in [3.63, 3.8) is 0 Å². The predicted octanol–water partition coefficient (Wildman–Crippen LogP) is 3.19. The van der Waals surface area contributed by atoms with Crippen LogP contribution in [-0.2, 0) is 13.0 Å². The number of nitrogens with zero attached hydrogens (tertiary/aromatic N) is 1. The highest BCUT2D eigenvalue weighted by Crippen LogP contribution is 2.23. The maximum absolute atomic E-state index is 5.60. The van der Waals surface area contributed by atoms with Gasteiger partial charge in [0.1, 0.15) is 0 Å². The molecule has 0 amide bonds. The van der Waals surface area contributed by atoms with E-state index >= 15 is 0 Å². The van der Waals surface area contributed by atoms with Crippen LogP contribution in [0.5, 0.6) is 0 Å². The lowest BCUT2D eigenvalue weighted by Gasteiger charge is -2.07. The molecule has 0 saturated carbocycles. The second kappa shape index (κ2) is 5.37. The van der Waals surface area contributed by atoms with Crippen molar-refractivity contribution in [2.45, 2.75) is 33.2 Å². The second-order valence-electron chi connectivity index (χ2n) is 5.11. The molecule has 0 fully saturated rings. The van der Waals surface area contributed by atoms with Crippen molar-refractivity contribution in [2.24, 2.45) is 11.7 Å². The first kappa shape index (κ1) is 12.2. The van der Waals surface area contributed by atoms with Crippen molar-refractivity contribution in [3.05, 3.63) is 36.0 Å². The van der Waals surface area contributed by atoms with Gasteiger partial charge in [0.05, 0.1) is 0 Å². The fourth-order valence-electron chi connectivity index (χ4n) is 2.36. The summed E-state index contributed by atoms with van der Waals surface area (Å²) < 4.78 is 2.38. The van der Waals surface area contributed by atoms with Crippen molar-refractivity contribution in [2.75, 3.05) is 6.54 Å². The van der Waals surface area contributed by atoms with E-state index in [1.807, 2.05) is 0 Å². The maximum atomic E-state index is 5.60. The van der Waals surface area contributed by atoms with Crippen LogP contribution in [-0.4, -0.2) is 11.1 Å². The number of hydrogen-bond acceptors (Lipinski definition) is 1. The van der Waals surface area contributed by atoms with Crippen molar-refractivity contribution in [3.8, 4) is 0 Å². The molecular formula is C15H22N2. The van der Waals surface area contributed by atoms with Crippen molar-refractivity contribution in [1.29, 1.82) is 0 Å². The summed E-state index contributed by atoms with van der Waals surface area (Å²) in [5.74, 6) is 0.674. The number of aryl methyl sites for hydroxylation is 1. The van der Waals surface area contributed by atoms with E-state index in [1.54, 1.807) is 0 Å². The summed E-state index contributed by atoms with van der Waals surface area (Å²) in [5.41, 5.74) is 8.39. The van der Waals surface area contributed by atoms with Gasteiger partial charge in [-0.05, 0) is 36.9 Å². The Balaban J connectivity index is 2.39. The fourth-order valence-corrected chi connectivity index (χ4v) is 2.36. The van der Waals surface area contributed by atoms with E-state index in [2.05, 4.69) is 48.9 Å². The Kier molecular flexibility index (Phi) is 3.85. The highest BCUT2D eigenvalue weighted by atomic mass is 15.0. The molecule has 0 spiro atoms. The van der Waals surface area contributed by atoms with Crippen LogP contribution in [0.1, 0.15) is 25.8 Å². The summed E-state index contributed by atoms with van der Waals surface area (Å²) in [6.07, 6.45) is 4.46. The molecule has 1 heterocycles. The molecule has 1 aromatic carbocycles. The van der Waals surface area contributed by atoms with Crippen LogP contribution in [0.15, 0.2) is 30.5 Å². The normalized spacial score (nSPS) is 11.5. The highest BCUT2D eigenvalue weighted by Gasteiger charge is 2.08. The maximum Gasteiger partial charge on any atom is 0.0483 e. The number of rotatable bonds is 5. The molecule has 2 rings (SSSR count). The number of fused-ring (bicyclic) bond motifs is 1. The minimum Gasteiger partial charge on any atom is -0.347 e. The van der Waals surface area contributed by atoms with Gasteiger partial charge in [-0.2, -0.15) is 0 Å². The highest BCUT2D eigenvalue weighted by molar-refractivity contribution is 5.83. The number of benzene rings is 1. The van der Waals surface area contributed by atoms with Crippen LogP contribution in [0.4, 0.5) is 0 Å². The molecule has 0 aliphatic heterocycles. The Hall–Kier alpha value is -1.28. The topological polar surface area (TPSA) is 30.9 Å². The van der Waals surface area contributed by atoms with Gasteiger partial charge in [0, 0.05) is 23.6 Å². The standard InChI is InChI=1S/C15H22N2/c1-12(2)10-17-11-13(6-5-9-16)14-7-3-4-8-15(14)17/h3-4,7-8,11-12H,5-6,9-10,16H2,1-2H3. The first-order valence-electron chi connectivity index (χ1n) is 6.49. The number of hydrogen-bond donors (Lipinski definition) is 1. The third-order valence-corrected chi connectivity index (χ3v) is 3.08. The molecule has 1 aromatic heterocycles. The van der Waals surface area contributed by atoms with Crippen molar-refractivity contribution >= 4 is 10.9 Å². The van der Waals surface area contributed by atoms with Crippen molar-refractivity contribution < 1.29 is 0 Å². The summed E-state index contributed by atoms with van der Waals surface area (Å²) in [5, 5.41) is 1.39. The second-order valence-corrected chi connectivity index (χ2v) is 5.11. The van der Waals surface area contributed by atoms with E-state index in [0.717, 1.165) is 25.9 Å². The summed E-state index contributed by atoms with van der Waals surface area (Å²) in [7, 11) is 0. The number of aromatic nitrogens is 1. The van der Waals surface area contributed by atoms with Crippen LogP contribution in [0.3, 0.4) is 0 Å². The van der Waals surface area contributed by atoms with Crippen LogP contribution in [0.25, 0.3) is 10.9 Å². The molecule has 17 heavy (non-hydrogen) atoms. The third-order valence-electron chi connectivity index (χ3n) is 3.08. The van der Waals surface area contributed by atoms with Gasteiger partial charge in [-0.25, -0.2) is 0 Å². The summed E-state index contributed by atoms with van der Waals surface area (Å²) >= 11 is 0. The van der Waals surface area contributed by atoms with Gasteiger partial charge < -0.3 is 10.3 Å². The lowest BCUT2D eigenvalue weighted by molar-refractivity contribution is 0.534. The lowest BCUT2D eigenvalue weighted by atomic mass is 10.1. The molecule has 0 radical (unpaired) electrons. The van der Waals surface area contributed by atoms with Gasteiger partial charge in [0.25, 0.3) is 0 Å². The molecule has 2 aromatic rings. The lowest BCUT2D eigenvalue weighted by Crippen LogP contribution is -2.02. The molecule has 0 atom stereocenters. The summed E-state index contributed by atoms with van der Waals surface area (Å²) in [4.78, 5) is 0. The van der Waals surface area contributed by atoms with Gasteiger partial charge in [-0.3, -0.25) is 0 Å². The van der Waals surface area contributed by atoms with Gasteiger partial charge in [-0.1, -0.05) is 32.0 Å². The Morgan fingerprint density at radius 2 is 2.00 bits per heavy atom. The monoisotopic (exact) mass is 230 g/mol. The zero-order chi connectivity index (χ0) is 12.3. The first-order chi connectivity index (χ1) is 8.22. The molecule has 0 aliphatic carbocycles. The number of para-hydroxylation sites is 1. The van der Waals surface area contributed by atoms with Crippen molar-refractivity contribution in [1.82, 2.24) is 4.57 Å². The van der Waals surface area contributed by atoms with E-state index in [-0.39, 0.29) is 0 Å². The van der Waals surface area contributed by atoms with E-state index in [0.29, 0.717) is 5.92 Å².